The smallest absolute Gasteiger partial charge is 0.252 e. The maximum atomic E-state index is 13.1. The van der Waals surface area contributed by atoms with Gasteiger partial charge in [0.1, 0.15) is 11.6 Å². The van der Waals surface area contributed by atoms with Gasteiger partial charge in [-0.15, -0.1) is 0 Å². The third-order valence-electron chi connectivity index (χ3n) is 5.45. The lowest BCUT2D eigenvalue weighted by Gasteiger charge is -2.16. The molecule has 0 atom stereocenters. The van der Waals surface area contributed by atoms with Crippen molar-refractivity contribution in [1.82, 2.24) is 19.7 Å². The highest BCUT2D eigenvalue weighted by Crippen LogP contribution is 2.37. The van der Waals surface area contributed by atoms with Gasteiger partial charge in [0, 0.05) is 23.3 Å². The second kappa shape index (κ2) is 9.33. The first-order valence-electron chi connectivity index (χ1n) is 10.7. The number of rotatable bonds is 7. The summed E-state index contributed by atoms with van der Waals surface area (Å²) in [5.74, 6) is 0.266. The maximum absolute atomic E-state index is 13.1. The Bertz CT molecular complexity index is 1560. The summed E-state index contributed by atoms with van der Waals surface area (Å²) in [6.45, 7) is 0.119. The van der Waals surface area contributed by atoms with E-state index in [4.69, 9.17) is 0 Å². The van der Waals surface area contributed by atoms with Crippen LogP contribution < -0.4 is 10.6 Å². The first kappa shape index (κ1) is 21.6. The molecule has 0 aliphatic heterocycles. The van der Waals surface area contributed by atoms with Crippen molar-refractivity contribution in [2.45, 2.75) is 0 Å². The number of nitrogens with zero attached hydrogens (tertiary/aromatic N) is 5. The van der Waals surface area contributed by atoms with Gasteiger partial charge in [-0.3, -0.25) is 4.79 Å². The lowest BCUT2D eigenvalue weighted by Crippen LogP contribution is -2.17. The third kappa shape index (κ3) is 4.12. The molecule has 170 valence electrons. The number of hydrogen-bond donors (Lipinski definition) is 3. The van der Waals surface area contributed by atoms with E-state index in [1.165, 1.54) is 10.9 Å². The zero-order valence-electron chi connectivity index (χ0n) is 18.4. The van der Waals surface area contributed by atoms with E-state index in [2.05, 4.69) is 31.8 Å². The monoisotopic (exact) mass is 461 g/mol. The molecule has 9 heteroatoms. The molecule has 0 fully saturated rings. The normalized spacial score (nSPS) is 10.6. The van der Waals surface area contributed by atoms with Gasteiger partial charge in [0.25, 0.3) is 5.95 Å². The molecule has 5 aromatic rings. The molecule has 0 aliphatic carbocycles. The van der Waals surface area contributed by atoms with Gasteiger partial charge in [0.15, 0.2) is 17.4 Å². The summed E-state index contributed by atoms with van der Waals surface area (Å²) >= 11 is 0. The molecule has 0 saturated heterocycles. The Labute approximate surface area is 200 Å². The van der Waals surface area contributed by atoms with E-state index in [0.717, 1.165) is 10.8 Å². The summed E-state index contributed by atoms with van der Waals surface area (Å²) in [7, 11) is 0. The molecule has 0 spiro atoms. The van der Waals surface area contributed by atoms with Gasteiger partial charge in [-0.2, -0.15) is 15.0 Å². The van der Waals surface area contributed by atoms with Gasteiger partial charge in [0.05, 0.1) is 24.1 Å². The number of ketones is 1. The first-order valence-corrected chi connectivity index (χ1v) is 10.7. The number of aromatic nitrogens is 4. The highest BCUT2D eigenvalue weighted by Gasteiger charge is 2.20. The van der Waals surface area contributed by atoms with Crippen molar-refractivity contribution < 1.29 is 9.90 Å². The number of anilines is 2. The summed E-state index contributed by atoms with van der Waals surface area (Å²) in [6.07, 6.45) is 4.58. The molecule has 0 radical (unpaired) electrons. The Morgan fingerprint density at radius 2 is 1.74 bits per heavy atom. The van der Waals surface area contributed by atoms with Crippen molar-refractivity contribution in [3.8, 4) is 17.8 Å². The van der Waals surface area contributed by atoms with Gasteiger partial charge in [-0.25, -0.2) is 9.97 Å². The molecule has 0 saturated carbocycles. The predicted molar refractivity (Wildman–Crippen MR) is 131 cm³/mol. The van der Waals surface area contributed by atoms with Crippen molar-refractivity contribution >= 4 is 28.1 Å². The average Bonchev–Trinajstić information content (AvgIpc) is 3.33. The number of hydrogen-bond acceptors (Lipinski definition) is 8. The van der Waals surface area contributed by atoms with Crippen LogP contribution in [-0.4, -0.2) is 37.3 Å². The van der Waals surface area contributed by atoms with Crippen LogP contribution in [0.4, 0.5) is 11.5 Å². The lowest BCUT2D eigenvalue weighted by atomic mass is 9.97. The number of carbonyl (C=O) groups is 1. The second-order valence-corrected chi connectivity index (χ2v) is 7.57. The van der Waals surface area contributed by atoms with Crippen LogP contribution in [-0.2, 0) is 0 Å². The van der Waals surface area contributed by atoms with E-state index in [0.29, 0.717) is 28.6 Å². The maximum Gasteiger partial charge on any atom is 0.252 e. The van der Waals surface area contributed by atoms with Crippen molar-refractivity contribution in [2.24, 2.45) is 0 Å². The quantitative estimate of drug-likeness (QED) is 0.188. The highest BCUT2D eigenvalue weighted by molar-refractivity contribution is 6.15. The minimum absolute atomic E-state index is 0.119. The molecule has 0 amide bonds. The fourth-order valence-corrected chi connectivity index (χ4v) is 3.80. The zero-order chi connectivity index (χ0) is 24.2. The lowest BCUT2D eigenvalue weighted by molar-refractivity contribution is 0.103. The molecule has 35 heavy (non-hydrogen) atoms. The predicted octanol–water partition coefficient (Wildman–Crippen LogP) is 4.11. The van der Waals surface area contributed by atoms with Gasteiger partial charge >= 0.3 is 0 Å². The summed E-state index contributed by atoms with van der Waals surface area (Å²) in [5, 5.41) is 32.7. The molecule has 9 nitrogen and oxygen atoms in total. The fourth-order valence-electron chi connectivity index (χ4n) is 3.80. The Hall–Kier alpha value is -5.23. The second-order valence-electron chi connectivity index (χ2n) is 7.57. The minimum atomic E-state index is -0.282. The van der Waals surface area contributed by atoms with E-state index in [9.17, 15) is 15.2 Å². The van der Waals surface area contributed by atoms with E-state index in [-0.39, 0.29) is 23.8 Å². The van der Waals surface area contributed by atoms with Crippen LogP contribution in [0.1, 0.15) is 21.5 Å². The standard InChI is InChI=1S/C26H19N7O2/c27-14-19-15-32-33(26-28-11-6-12-29-26)25(19)31-16-30-22-20-10-5-4-9-18(20)13-21(24(22)35)23(34)17-7-2-1-3-8-17/h1-13,15,30-31,35H,16H2. The number of aromatic hydroxyl groups is 1. The molecular weight excluding hydrogens is 442 g/mol. The number of carbonyl (C=O) groups excluding carboxylic acids is 1. The van der Waals surface area contributed by atoms with Crippen LogP contribution in [0.25, 0.3) is 16.7 Å². The summed E-state index contributed by atoms with van der Waals surface area (Å²) in [5.41, 5.74) is 1.38. The number of phenolic OH excluding ortho intramolecular Hbond substituents is 1. The topological polar surface area (TPSA) is 129 Å². The highest BCUT2D eigenvalue weighted by atomic mass is 16.3. The van der Waals surface area contributed by atoms with Crippen LogP contribution >= 0.6 is 0 Å². The van der Waals surface area contributed by atoms with Crippen molar-refractivity contribution in [3.05, 3.63) is 102 Å². The molecular formula is C26H19N7O2. The Balaban J connectivity index is 1.48. The van der Waals surface area contributed by atoms with Crippen LogP contribution in [0.2, 0.25) is 0 Å². The van der Waals surface area contributed by atoms with E-state index >= 15 is 0 Å². The molecule has 2 heterocycles. The number of phenols is 1. The molecule has 3 aromatic carbocycles. The SMILES string of the molecule is N#Cc1cnn(-c2ncccn2)c1NCNc1c(O)c(C(=O)c2ccccc2)cc2ccccc12. The van der Waals surface area contributed by atoms with E-state index in [1.54, 1.807) is 48.8 Å². The number of fused-ring (bicyclic) bond motifs is 1. The molecule has 5 rings (SSSR count). The summed E-state index contributed by atoms with van der Waals surface area (Å²) < 4.78 is 1.42. The first-order chi connectivity index (χ1) is 17.2. The van der Waals surface area contributed by atoms with Crippen molar-refractivity contribution in [1.29, 1.82) is 5.26 Å². The van der Waals surface area contributed by atoms with Crippen LogP contribution in [0, 0.1) is 11.3 Å². The Kier molecular flexibility index (Phi) is 5.76. The van der Waals surface area contributed by atoms with Crippen LogP contribution in [0.3, 0.4) is 0 Å². The largest absolute Gasteiger partial charge is 0.505 e. The van der Waals surface area contributed by atoms with Gasteiger partial charge in [-0.1, -0.05) is 54.6 Å². The van der Waals surface area contributed by atoms with Gasteiger partial charge in [-0.05, 0) is 17.5 Å². The van der Waals surface area contributed by atoms with Gasteiger partial charge < -0.3 is 15.7 Å². The van der Waals surface area contributed by atoms with Crippen LogP contribution in [0.15, 0.2) is 85.3 Å². The van der Waals surface area contributed by atoms with Gasteiger partial charge in [0.2, 0.25) is 0 Å². The fraction of sp³-hybridized carbons (Fsp3) is 0.0385. The average molecular weight is 461 g/mol. The molecule has 3 N–H and O–H groups in total. The third-order valence-corrected chi connectivity index (χ3v) is 5.45. The zero-order valence-corrected chi connectivity index (χ0v) is 18.4. The van der Waals surface area contributed by atoms with Crippen molar-refractivity contribution in [3.63, 3.8) is 0 Å². The summed E-state index contributed by atoms with van der Waals surface area (Å²) in [6, 6.07) is 21.7. The minimum Gasteiger partial charge on any atom is -0.505 e. The number of benzene rings is 3. The van der Waals surface area contributed by atoms with Crippen molar-refractivity contribution in [2.75, 3.05) is 17.3 Å². The molecule has 2 aromatic heterocycles. The number of nitriles is 1. The molecule has 0 bridgehead atoms. The Morgan fingerprint density at radius 1 is 1.00 bits per heavy atom. The van der Waals surface area contributed by atoms with E-state index < -0.39 is 0 Å². The van der Waals surface area contributed by atoms with E-state index in [1.807, 2.05) is 30.3 Å². The number of nitrogens with one attached hydrogen (secondary N) is 2. The molecule has 0 aliphatic rings. The summed E-state index contributed by atoms with van der Waals surface area (Å²) in [4.78, 5) is 21.5. The molecule has 0 unspecified atom stereocenters. The van der Waals surface area contributed by atoms with Crippen LogP contribution in [0.5, 0.6) is 5.75 Å². The Morgan fingerprint density at radius 3 is 2.51 bits per heavy atom.